The standard InChI is InChI=1S/C18H25N5O2.2ClH/c1-23-8-6-16(7-9-23)25-15-4-2-13(3-5-15)22-18(24)17(19)10-14-11-20-12-21-14;;/h2-5,11-12,16-17H,6-10,19H2,1H3,(H,20,21)(H,22,24);2*1H/t17-;;/m0../s1. The summed E-state index contributed by atoms with van der Waals surface area (Å²) < 4.78 is 6.01. The Hall–Kier alpha value is -1.80. The zero-order chi connectivity index (χ0) is 17.6. The number of halogens is 2. The summed E-state index contributed by atoms with van der Waals surface area (Å²) in [6.45, 7) is 2.13. The molecular formula is C18H27Cl2N5O2. The maximum atomic E-state index is 12.2. The third-order valence-corrected chi connectivity index (χ3v) is 4.42. The van der Waals surface area contributed by atoms with Gasteiger partial charge < -0.3 is 25.7 Å². The van der Waals surface area contributed by atoms with Crippen LogP contribution in [-0.4, -0.2) is 53.1 Å². The van der Waals surface area contributed by atoms with Crippen LogP contribution in [0.15, 0.2) is 36.8 Å². The van der Waals surface area contributed by atoms with Gasteiger partial charge in [-0.1, -0.05) is 0 Å². The Morgan fingerprint density at radius 3 is 2.59 bits per heavy atom. The molecule has 1 amide bonds. The molecule has 0 aliphatic carbocycles. The first kappa shape index (κ1) is 23.2. The van der Waals surface area contributed by atoms with Crippen molar-refractivity contribution in [3.8, 4) is 5.75 Å². The SMILES string of the molecule is CN1CCC(Oc2ccc(NC(=O)[C@@H](N)Cc3cnc[nH]3)cc2)CC1.Cl.Cl. The molecule has 0 unspecified atom stereocenters. The van der Waals surface area contributed by atoms with Crippen molar-refractivity contribution in [2.75, 3.05) is 25.5 Å². The number of aromatic amines is 1. The van der Waals surface area contributed by atoms with Gasteiger partial charge in [-0.25, -0.2) is 4.98 Å². The lowest BCUT2D eigenvalue weighted by Gasteiger charge is -2.29. The van der Waals surface area contributed by atoms with Crippen LogP contribution in [0.25, 0.3) is 0 Å². The molecule has 0 radical (unpaired) electrons. The van der Waals surface area contributed by atoms with Crippen LogP contribution in [0.3, 0.4) is 0 Å². The van der Waals surface area contributed by atoms with Crippen molar-refractivity contribution in [1.82, 2.24) is 14.9 Å². The molecule has 3 rings (SSSR count). The average molecular weight is 416 g/mol. The molecule has 9 heteroatoms. The smallest absolute Gasteiger partial charge is 0.241 e. The Bertz CT molecular complexity index is 674. The molecule has 2 aromatic rings. The third kappa shape index (κ3) is 7.03. The molecule has 0 spiro atoms. The number of likely N-dealkylation sites (tertiary alicyclic amines) is 1. The molecule has 1 aliphatic heterocycles. The molecule has 1 aliphatic rings. The van der Waals surface area contributed by atoms with Crippen LogP contribution in [0.4, 0.5) is 5.69 Å². The predicted octanol–water partition coefficient (Wildman–Crippen LogP) is 2.23. The second kappa shape index (κ2) is 11.1. The van der Waals surface area contributed by atoms with E-state index in [0.717, 1.165) is 37.4 Å². The molecule has 27 heavy (non-hydrogen) atoms. The summed E-state index contributed by atoms with van der Waals surface area (Å²) in [6.07, 6.45) is 6.00. The molecular weight excluding hydrogens is 389 g/mol. The van der Waals surface area contributed by atoms with Gasteiger partial charge in [0.05, 0.1) is 12.4 Å². The van der Waals surface area contributed by atoms with Gasteiger partial charge in [0.2, 0.25) is 5.91 Å². The number of rotatable bonds is 6. The van der Waals surface area contributed by atoms with Crippen LogP contribution in [-0.2, 0) is 11.2 Å². The molecule has 1 fully saturated rings. The lowest BCUT2D eigenvalue weighted by molar-refractivity contribution is -0.117. The molecule has 0 saturated carbocycles. The number of nitrogens with zero attached hydrogens (tertiary/aromatic N) is 2. The summed E-state index contributed by atoms with van der Waals surface area (Å²) in [5.74, 6) is 0.605. The average Bonchev–Trinajstić information content (AvgIpc) is 3.11. The molecule has 1 atom stereocenters. The number of nitrogens with two attached hydrogens (primary N) is 1. The molecule has 1 aromatic carbocycles. The van der Waals surface area contributed by atoms with E-state index in [1.165, 1.54) is 0 Å². The van der Waals surface area contributed by atoms with Gasteiger partial charge in [0.1, 0.15) is 11.9 Å². The first-order chi connectivity index (χ1) is 12.1. The fourth-order valence-corrected chi connectivity index (χ4v) is 2.87. The van der Waals surface area contributed by atoms with Gasteiger partial charge in [-0.05, 0) is 44.2 Å². The number of imidazole rings is 1. The molecule has 1 aromatic heterocycles. The minimum Gasteiger partial charge on any atom is -0.490 e. The molecule has 2 heterocycles. The largest absolute Gasteiger partial charge is 0.490 e. The van der Waals surface area contributed by atoms with Crippen LogP contribution in [0.5, 0.6) is 5.75 Å². The zero-order valence-electron chi connectivity index (χ0n) is 15.3. The summed E-state index contributed by atoms with van der Waals surface area (Å²) in [4.78, 5) is 21.3. The number of hydrogen-bond donors (Lipinski definition) is 3. The number of aromatic nitrogens is 2. The summed E-state index contributed by atoms with van der Waals surface area (Å²) in [5.41, 5.74) is 7.48. The Kier molecular flexibility index (Phi) is 9.59. The number of carbonyl (C=O) groups is 1. The maximum Gasteiger partial charge on any atom is 0.241 e. The van der Waals surface area contributed by atoms with Crippen LogP contribution in [0.1, 0.15) is 18.5 Å². The summed E-state index contributed by atoms with van der Waals surface area (Å²) in [5, 5.41) is 2.83. The molecule has 0 bridgehead atoms. The van der Waals surface area contributed by atoms with Gasteiger partial charge in [0.25, 0.3) is 0 Å². The van der Waals surface area contributed by atoms with Crippen LogP contribution in [0.2, 0.25) is 0 Å². The Balaban J connectivity index is 0.00000182. The molecule has 7 nitrogen and oxygen atoms in total. The number of piperidine rings is 1. The minimum atomic E-state index is -0.629. The zero-order valence-corrected chi connectivity index (χ0v) is 16.9. The number of nitrogens with one attached hydrogen (secondary N) is 2. The summed E-state index contributed by atoms with van der Waals surface area (Å²) >= 11 is 0. The second-order valence-electron chi connectivity index (χ2n) is 6.52. The topological polar surface area (TPSA) is 96.3 Å². The van der Waals surface area contributed by atoms with Gasteiger partial charge >= 0.3 is 0 Å². The van der Waals surface area contributed by atoms with Crippen LogP contribution < -0.4 is 15.8 Å². The summed E-state index contributed by atoms with van der Waals surface area (Å²) in [6, 6.07) is 6.81. The van der Waals surface area contributed by atoms with Gasteiger partial charge in [0, 0.05) is 37.1 Å². The van der Waals surface area contributed by atoms with Crippen molar-refractivity contribution in [1.29, 1.82) is 0 Å². The second-order valence-corrected chi connectivity index (χ2v) is 6.52. The van der Waals surface area contributed by atoms with Crippen molar-refractivity contribution in [2.45, 2.75) is 31.4 Å². The Morgan fingerprint density at radius 2 is 2.00 bits per heavy atom. The van der Waals surface area contributed by atoms with E-state index in [0.29, 0.717) is 12.1 Å². The predicted molar refractivity (Wildman–Crippen MR) is 111 cm³/mol. The van der Waals surface area contributed by atoms with Crippen LogP contribution in [0, 0.1) is 0 Å². The van der Waals surface area contributed by atoms with Crippen molar-refractivity contribution in [2.24, 2.45) is 5.73 Å². The van der Waals surface area contributed by atoms with Gasteiger partial charge in [-0.3, -0.25) is 4.79 Å². The van der Waals surface area contributed by atoms with E-state index in [2.05, 4.69) is 27.2 Å². The summed E-state index contributed by atoms with van der Waals surface area (Å²) in [7, 11) is 2.13. The van der Waals surface area contributed by atoms with Crippen molar-refractivity contribution in [3.63, 3.8) is 0 Å². The number of benzene rings is 1. The molecule has 1 saturated heterocycles. The number of carbonyl (C=O) groups excluding carboxylic acids is 1. The van der Waals surface area contributed by atoms with E-state index in [9.17, 15) is 4.79 Å². The highest BCUT2D eigenvalue weighted by atomic mass is 35.5. The fourth-order valence-electron chi connectivity index (χ4n) is 2.87. The maximum absolute atomic E-state index is 12.2. The molecule has 150 valence electrons. The van der Waals surface area contributed by atoms with E-state index < -0.39 is 6.04 Å². The Labute approximate surface area is 171 Å². The van der Waals surface area contributed by atoms with E-state index >= 15 is 0 Å². The fraction of sp³-hybridized carbons (Fsp3) is 0.444. The van der Waals surface area contributed by atoms with E-state index in [-0.39, 0.29) is 36.8 Å². The number of hydrogen-bond acceptors (Lipinski definition) is 5. The highest BCUT2D eigenvalue weighted by Gasteiger charge is 2.18. The van der Waals surface area contributed by atoms with Gasteiger partial charge in [-0.2, -0.15) is 0 Å². The van der Waals surface area contributed by atoms with E-state index in [1.54, 1.807) is 12.5 Å². The van der Waals surface area contributed by atoms with Gasteiger partial charge in [0.15, 0.2) is 0 Å². The van der Waals surface area contributed by atoms with Crippen molar-refractivity contribution in [3.05, 3.63) is 42.5 Å². The third-order valence-electron chi connectivity index (χ3n) is 4.42. The van der Waals surface area contributed by atoms with Crippen LogP contribution >= 0.6 is 24.8 Å². The van der Waals surface area contributed by atoms with E-state index in [1.807, 2.05) is 24.3 Å². The van der Waals surface area contributed by atoms with Crippen molar-refractivity contribution < 1.29 is 9.53 Å². The quantitative estimate of drug-likeness (QED) is 0.671. The normalized spacial score (nSPS) is 15.9. The van der Waals surface area contributed by atoms with Gasteiger partial charge in [-0.15, -0.1) is 24.8 Å². The number of H-pyrrole nitrogens is 1. The lowest BCUT2D eigenvalue weighted by atomic mass is 10.1. The molecule has 4 N–H and O–H groups in total. The minimum absolute atomic E-state index is 0. The first-order valence-electron chi connectivity index (χ1n) is 8.59. The number of amides is 1. The highest BCUT2D eigenvalue weighted by Crippen LogP contribution is 2.20. The monoisotopic (exact) mass is 415 g/mol. The van der Waals surface area contributed by atoms with Crippen molar-refractivity contribution >= 4 is 36.4 Å². The van der Waals surface area contributed by atoms with E-state index in [4.69, 9.17) is 10.5 Å². The lowest BCUT2D eigenvalue weighted by Crippen LogP contribution is -2.37. The Morgan fingerprint density at radius 1 is 1.33 bits per heavy atom. The number of anilines is 1. The highest BCUT2D eigenvalue weighted by molar-refractivity contribution is 5.94. The first-order valence-corrected chi connectivity index (χ1v) is 8.59. The number of ether oxygens (including phenoxy) is 1.